The Morgan fingerprint density at radius 3 is 2.59 bits per heavy atom. The number of para-hydroxylation sites is 1. The van der Waals surface area contributed by atoms with Crippen LogP contribution in [0, 0.1) is 11.7 Å². The summed E-state index contributed by atoms with van der Waals surface area (Å²) in [4.78, 5) is 27.2. The Morgan fingerprint density at radius 2 is 1.86 bits per heavy atom. The standard InChI is InChI=1S/C23H26FNO4/c1-23(2,3)29-22(27)25-13-7-8-16(15-25)21(26)19-11-4-5-12-20(19)28-18-10-6-9-17(24)14-18/h4-6,9-12,14,16H,7-8,13,15H2,1-3H3/t16-/m1/s1. The quantitative estimate of drug-likeness (QED) is 0.642. The first-order valence-corrected chi connectivity index (χ1v) is 9.77. The number of hydrogen-bond donors (Lipinski definition) is 0. The summed E-state index contributed by atoms with van der Waals surface area (Å²) in [5.74, 6) is -0.146. The molecule has 1 heterocycles. The Hall–Kier alpha value is -2.89. The largest absolute Gasteiger partial charge is 0.457 e. The third kappa shape index (κ3) is 5.56. The molecule has 0 unspecified atom stereocenters. The molecule has 1 aliphatic heterocycles. The zero-order valence-corrected chi connectivity index (χ0v) is 17.0. The van der Waals surface area contributed by atoms with Crippen LogP contribution in [-0.2, 0) is 4.74 Å². The van der Waals surface area contributed by atoms with Crippen LogP contribution < -0.4 is 4.74 Å². The number of halogens is 1. The van der Waals surface area contributed by atoms with Crippen molar-refractivity contribution in [1.29, 1.82) is 0 Å². The molecule has 1 amide bonds. The zero-order chi connectivity index (χ0) is 21.0. The van der Waals surface area contributed by atoms with Gasteiger partial charge in [0.25, 0.3) is 0 Å². The van der Waals surface area contributed by atoms with Crippen molar-refractivity contribution in [3.8, 4) is 11.5 Å². The number of carbonyl (C=O) groups excluding carboxylic acids is 2. The fourth-order valence-electron chi connectivity index (χ4n) is 3.32. The van der Waals surface area contributed by atoms with Crippen molar-refractivity contribution in [2.45, 2.75) is 39.2 Å². The number of Topliss-reactive ketones (excluding diaryl/α,β-unsaturated/α-hetero) is 1. The molecule has 5 nitrogen and oxygen atoms in total. The molecular weight excluding hydrogens is 373 g/mol. The Bertz CT molecular complexity index is 890. The number of piperidine rings is 1. The van der Waals surface area contributed by atoms with Gasteiger partial charge in [-0.2, -0.15) is 0 Å². The van der Waals surface area contributed by atoms with E-state index in [0.29, 0.717) is 36.6 Å². The summed E-state index contributed by atoms with van der Waals surface area (Å²) < 4.78 is 24.7. The van der Waals surface area contributed by atoms with Gasteiger partial charge in [-0.05, 0) is 57.9 Å². The normalized spacial score (nSPS) is 17.0. The number of carbonyl (C=O) groups is 2. The molecular formula is C23H26FNO4. The van der Waals surface area contributed by atoms with Crippen molar-refractivity contribution in [2.75, 3.05) is 13.1 Å². The highest BCUT2D eigenvalue weighted by molar-refractivity contribution is 6.00. The van der Waals surface area contributed by atoms with Gasteiger partial charge < -0.3 is 14.4 Å². The topological polar surface area (TPSA) is 55.8 Å². The predicted molar refractivity (Wildman–Crippen MR) is 108 cm³/mol. The van der Waals surface area contributed by atoms with Crippen LogP contribution in [0.5, 0.6) is 11.5 Å². The van der Waals surface area contributed by atoms with Gasteiger partial charge in [-0.25, -0.2) is 9.18 Å². The Labute approximate surface area is 170 Å². The average molecular weight is 399 g/mol. The number of nitrogens with zero attached hydrogens (tertiary/aromatic N) is 1. The average Bonchev–Trinajstić information content (AvgIpc) is 2.67. The van der Waals surface area contributed by atoms with E-state index in [0.717, 1.165) is 6.42 Å². The second-order valence-electron chi connectivity index (χ2n) is 8.19. The van der Waals surface area contributed by atoms with Gasteiger partial charge in [-0.3, -0.25) is 4.79 Å². The third-order valence-corrected chi connectivity index (χ3v) is 4.62. The maximum Gasteiger partial charge on any atom is 0.410 e. The number of ether oxygens (including phenoxy) is 2. The molecule has 0 saturated carbocycles. The van der Waals surface area contributed by atoms with Crippen molar-refractivity contribution in [3.05, 3.63) is 59.9 Å². The third-order valence-electron chi connectivity index (χ3n) is 4.62. The van der Waals surface area contributed by atoms with Crippen molar-refractivity contribution in [2.24, 2.45) is 5.92 Å². The van der Waals surface area contributed by atoms with E-state index >= 15 is 0 Å². The van der Waals surface area contributed by atoms with Crippen molar-refractivity contribution >= 4 is 11.9 Å². The maximum absolute atomic E-state index is 13.5. The first-order valence-electron chi connectivity index (χ1n) is 9.77. The van der Waals surface area contributed by atoms with E-state index in [1.54, 1.807) is 41.3 Å². The van der Waals surface area contributed by atoms with E-state index in [9.17, 15) is 14.0 Å². The van der Waals surface area contributed by atoms with Crippen LogP contribution in [0.2, 0.25) is 0 Å². The van der Waals surface area contributed by atoms with E-state index in [-0.39, 0.29) is 11.7 Å². The van der Waals surface area contributed by atoms with Crippen LogP contribution in [0.15, 0.2) is 48.5 Å². The SMILES string of the molecule is CC(C)(C)OC(=O)N1CCC[C@@H](C(=O)c2ccccc2Oc2cccc(F)c2)C1. The lowest BCUT2D eigenvalue weighted by atomic mass is 9.89. The van der Waals surface area contributed by atoms with E-state index in [2.05, 4.69) is 0 Å². The fraction of sp³-hybridized carbons (Fsp3) is 0.391. The maximum atomic E-state index is 13.5. The van der Waals surface area contributed by atoms with Crippen LogP contribution in [-0.4, -0.2) is 35.5 Å². The van der Waals surface area contributed by atoms with Gasteiger partial charge in [-0.1, -0.05) is 18.2 Å². The highest BCUT2D eigenvalue weighted by Gasteiger charge is 2.32. The minimum Gasteiger partial charge on any atom is -0.457 e. The lowest BCUT2D eigenvalue weighted by Gasteiger charge is -2.33. The summed E-state index contributed by atoms with van der Waals surface area (Å²) in [6.07, 6.45) is 1.01. The van der Waals surface area contributed by atoms with Gasteiger partial charge in [0, 0.05) is 25.1 Å². The van der Waals surface area contributed by atoms with Crippen LogP contribution in [0.1, 0.15) is 44.0 Å². The molecule has 0 radical (unpaired) electrons. The number of amides is 1. The van der Waals surface area contributed by atoms with Crippen LogP contribution in [0.4, 0.5) is 9.18 Å². The molecule has 0 aromatic heterocycles. The summed E-state index contributed by atoms with van der Waals surface area (Å²) in [5.41, 5.74) is -0.160. The van der Waals surface area contributed by atoms with Crippen LogP contribution in [0.3, 0.4) is 0 Å². The Kier molecular flexibility index (Phi) is 6.20. The highest BCUT2D eigenvalue weighted by atomic mass is 19.1. The smallest absolute Gasteiger partial charge is 0.410 e. The highest BCUT2D eigenvalue weighted by Crippen LogP contribution is 2.30. The second-order valence-corrected chi connectivity index (χ2v) is 8.19. The van der Waals surface area contributed by atoms with Crippen LogP contribution >= 0.6 is 0 Å². The second kappa shape index (κ2) is 8.64. The molecule has 1 fully saturated rings. The number of hydrogen-bond acceptors (Lipinski definition) is 4. The Morgan fingerprint density at radius 1 is 1.10 bits per heavy atom. The first-order chi connectivity index (χ1) is 13.7. The lowest BCUT2D eigenvalue weighted by Crippen LogP contribution is -2.44. The van der Waals surface area contributed by atoms with E-state index in [4.69, 9.17) is 9.47 Å². The molecule has 29 heavy (non-hydrogen) atoms. The Balaban J connectivity index is 1.75. The number of ketones is 1. The van der Waals surface area contributed by atoms with E-state index in [1.807, 2.05) is 20.8 Å². The molecule has 3 rings (SSSR count). The van der Waals surface area contributed by atoms with E-state index in [1.165, 1.54) is 12.1 Å². The van der Waals surface area contributed by atoms with Gasteiger partial charge in [0.2, 0.25) is 0 Å². The van der Waals surface area contributed by atoms with Gasteiger partial charge >= 0.3 is 6.09 Å². The number of likely N-dealkylation sites (tertiary alicyclic amines) is 1. The zero-order valence-electron chi connectivity index (χ0n) is 17.0. The van der Waals surface area contributed by atoms with Gasteiger partial charge in [0.1, 0.15) is 22.9 Å². The predicted octanol–water partition coefficient (Wildman–Crippen LogP) is 5.45. The lowest BCUT2D eigenvalue weighted by molar-refractivity contribution is 0.0172. The van der Waals surface area contributed by atoms with Crippen molar-refractivity contribution < 1.29 is 23.5 Å². The van der Waals surface area contributed by atoms with Crippen LogP contribution in [0.25, 0.3) is 0 Å². The first kappa shape index (κ1) is 20.8. The molecule has 2 aromatic carbocycles. The fourth-order valence-corrected chi connectivity index (χ4v) is 3.32. The van der Waals surface area contributed by atoms with E-state index < -0.39 is 17.5 Å². The minimum atomic E-state index is -0.584. The molecule has 0 N–H and O–H groups in total. The van der Waals surface area contributed by atoms with Gasteiger partial charge in [-0.15, -0.1) is 0 Å². The van der Waals surface area contributed by atoms with Crippen molar-refractivity contribution in [3.63, 3.8) is 0 Å². The molecule has 0 aliphatic carbocycles. The summed E-state index contributed by atoms with van der Waals surface area (Å²) in [6.45, 7) is 6.33. The van der Waals surface area contributed by atoms with Gasteiger partial charge in [0.05, 0.1) is 5.56 Å². The summed E-state index contributed by atoms with van der Waals surface area (Å²) in [5, 5.41) is 0. The molecule has 6 heteroatoms. The molecule has 2 aromatic rings. The minimum absolute atomic E-state index is 0.0924. The number of benzene rings is 2. The summed E-state index contributed by atoms with van der Waals surface area (Å²) in [6, 6.07) is 12.7. The summed E-state index contributed by atoms with van der Waals surface area (Å²) in [7, 11) is 0. The van der Waals surface area contributed by atoms with Gasteiger partial charge in [0.15, 0.2) is 5.78 Å². The monoisotopic (exact) mass is 399 g/mol. The molecule has 1 atom stereocenters. The molecule has 1 saturated heterocycles. The molecule has 154 valence electrons. The summed E-state index contributed by atoms with van der Waals surface area (Å²) >= 11 is 0. The molecule has 1 aliphatic rings. The molecule has 0 bridgehead atoms. The number of rotatable bonds is 4. The molecule has 0 spiro atoms. The van der Waals surface area contributed by atoms with Crippen molar-refractivity contribution in [1.82, 2.24) is 4.90 Å².